The molecule has 0 aromatic carbocycles. The van der Waals surface area contributed by atoms with Gasteiger partial charge in [0.05, 0.1) is 12.4 Å². The molecule has 2 amide bonds. The number of carbonyl (C=O) groups excluding carboxylic acids is 2. The molecule has 21 heavy (non-hydrogen) atoms. The number of amides is 2. The molecule has 2 heterocycles. The molecule has 2 rings (SSSR count). The number of carbonyl (C=O) groups is 2. The zero-order chi connectivity index (χ0) is 15.2. The van der Waals surface area contributed by atoms with Crippen LogP contribution in [0.3, 0.4) is 0 Å². The van der Waals surface area contributed by atoms with Gasteiger partial charge in [-0.2, -0.15) is 0 Å². The third-order valence-corrected chi connectivity index (χ3v) is 3.46. The maximum atomic E-state index is 12.2. The lowest BCUT2D eigenvalue weighted by molar-refractivity contribution is -0.125. The van der Waals surface area contributed by atoms with Gasteiger partial charge >= 0.3 is 0 Å². The van der Waals surface area contributed by atoms with E-state index in [1.165, 1.54) is 19.5 Å². The number of hydrogen-bond acceptors (Lipinski definition) is 5. The van der Waals surface area contributed by atoms with Gasteiger partial charge in [0.25, 0.3) is 5.91 Å². The molecule has 0 bridgehead atoms. The second-order valence-electron chi connectivity index (χ2n) is 4.79. The van der Waals surface area contributed by atoms with E-state index in [0.717, 1.165) is 0 Å². The molecule has 0 unspecified atom stereocenters. The van der Waals surface area contributed by atoms with Crippen molar-refractivity contribution in [1.82, 2.24) is 20.2 Å². The van der Waals surface area contributed by atoms with Crippen molar-refractivity contribution < 1.29 is 14.3 Å². The lowest BCUT2D eigenvalue weighted by Crippen LogP contribution is -2.47. The highest BCUT2D eigenvalue weighted by Gasteiger charge is 2.25. The molecule has 1 N–H and O–H groups in total. The molecule has 7 nitrogen and oxygen atoms in total. The van der Waals surface area contributed by atoms with Crippen molar-refractivity contribution in [1.29, 1.82) is 0 Å². The van der Waals surface area contributed by atoms with E-state index in [0.29, 0.717) is 25.9 Å². The molecule has 1 fully saturated rings. The fourth-order valence-electron chi connectivity index (χ4n) is 2.21. The summed E-state index contributed by atoms with van der Waals surface area (Å²) in [5.74, 6) is -0.299. The lowest BCUT2D eigenvalue weighted by atomic mass is 10.0. The van der Waals surface area contributed by atoms with Crippen molar-refractivity contribution in [2.75, 3.05) is 26.8 Å². The standard InChI is InChI=1S/C13H17ClN4O3/c1-21-8-12(19)17-9-2-4-18(5-3-9)13(20)10-6-16-11(14)7-15-10/h6-7,9H,2-5,8H2,1H3,(H,17,19). The van der Waals surface area contributed by atoms with Crippen LogP contribution in [-0.2, 0) is 9.53 Å². The van der Waals surface area contributed by atoms with Gasteiger partial charge in [0.2, 0.25) is 5.91 Å². The van der Waals surface area contributed by atoms with Crippen LogP contribution in [0.4, 0.5) is 0 Å². The summed E-state index contributed by atoms with van der Waals surface area (Å²) in [5.41, 5.74) is 0.279. The first-order valence-electron chi connectivity index (χ1n) is 6.65. The van der Waals surface area contributed by atoms with E-state index >= 15 is 0 Å². The lowest BCUT2D eigenvalue weighted by Gasteiger charge is -2.32. The van der Waals surface area contributed by atoms with Crippen LogP contribution >= 0.6 is 11.6 Å². The van der Waals surface area contributed by atoms with E-state index < -0.39 is 0 Å². The van der Waals surface area contributed by atoms with Gasteiger partial charge in [-0.3, -0.25) is 9.59 Å². The van der Waals surface area contributed by atoms with Crippen LogP contribution in [0.1, 0.15) is 23.3 Å². The molecule has 0 saturated carbocycles. The number of likely N-dealkylation sites (tertiary alicyclic amines) is 1. The number of rotatable bonds is 4. The molecule has 8 heteroatoms. The van der Waals surface area contributed by atoms with Gasteiger partial charge in [-0.1, -0.05) is 11.6 Å². The molecule has 1 aliphatic rings. The van der Waals surface area contributed by atoms with Crippen LogP contribution in [0.2, 0.25) is 5.15 Å². The van der Waals surface area contributed by atoms with Gasteiger partial charge in [-0.15, -0.1) is 0 Å². The first-order valence-corrected chi connectivity index (χ1v) is 7.03. The smallest absolute Gasteiger partial charge is 0.274 e. The van der Waals surface area contributed by atoms with E-state index in [2.05, 4.69) is 15.3 Å². The zero-order valence-electron chi connectivity index (χ0n) is 11.7. The van der Waals surface area contributed by atoms with Crippen molar-refractivity contribution in [2.24, 2.45) is 0 Å². The largest absolute Gasteiger partial charge is 0.375 e. The molecule has 1 saturated heterocycles. The predicted octanol–water partition coefficient (Wildman–Crippen LogP) is 0.497. The van der Waals surface area contributed by atoms with Crippen LogP contribution in [0.25, 0.3) is 0 Å². The Bertz CT molecular complexity index is 501. The summed E-state index contributed by atoms with van der Waals surface area (Å²) < 4.78 is 4.77. The highest BCUT2D eigenvalue weighted by Crippen LogP contribution is 2.13. The van der Waals surface area contributed by atoms with Gasteiger partial charge < -0.3 is 15.0 Å². The Morgan fingerprint density at radius 2 is 2.10 bits per heavy atom. The normalized spacial score (nSPS) is 15.8. The van der Waals surface area contributed by atoms with Crippen LogP contribution < -0.4 is 5.32 Å². The fraction of sp³-hybridized carbons (Fsp3) is 0.538. The Kier molecular flexibility index (Phi) is 5.46. The van der Waals surface area contributed by atoms with Crippen molar-refractivity contribution in [2.45, 2.75) is 18.9 Å². The predicted molar refractivity (Wildman–Crippen MR) is 76.0 cm³/mol. The minimum atomic E-state index is -0.166. The topological polar surface area (TPSA) is 84.4 Å². The number of nitrogens with one attached hydrogen (secondary N) is 1. The SMILES string of the molecule is COCC(=O)NC1CCN(C(=O)c2cnc(Cl)cn2)CC1. The van der Waals surface area contributed by atoms with Gasteiger partial charge in [-0.25, -0.2) is 9.97 Å². The first-order chi connectivity index (χ1) is 10.1. The molecule has 0 spiro atoms. The monoisotopic (exact) mass is 312 g/mol. The van der Waals surface area contributed by atoms with Crippen molar-refractivity contribution in [3.8, 4) is 0 Å². The molecule has 114 valence electrons. The molecule has 0 aliphatic carbocycles. The Morgan fingerprint density at radius 3 is 2.67 bits per heavy atom. The molecule has 0 radical (unpaired) electrons. The van der Waals surface area contributed by atoms with Crippen LogP contribution in [-0.4, -0.2) is 59.5 Å². The number of halogens is 1. The average molecular weight is 313 g/mol. The summed E-state index contributed by atoms with van der Waals surface area (Å²) in [5, 5.41) is 3.13. The highest BCUT2D eigenvalue weighted by atomic mass is 35.5. The van der Waals surface area contributed by atoms with E-state index in [9.17, 15) is 9.59 Å². The fourth-order valence-corrected chi connectivity index (χ4v) is 2.31. The summed E-state index contributed by atoms with van der Waals surface area (Å²) in [7, 11) is 1.48. The molecular weight excluding hydrogens is 296 g/mol. The third-order valence-electron chi connectivity index (χ3n) is 3.26. The third kappa shape index (κ3) is 4.37. The second kappa shape index (κ2) is 7.33. The van der Waals surface area contributed by atoms with Gasteiger partial charge in [0.15, 0.2) is 0 Å². The summed E-state index contributed by atoms with van der Waals surface area (Å²) >= 11 is 5.65. The van der Waals surface area contributed by atoms with Gasteiger partial charge in [0.1, 0.15) is 17.5 Å². The molecule has 0 atom stereocenters. The Labute approximate surface area is 127 Å². The van der Waals surface area contributed by atoms with Gasteiger partial charge in [0, 0.05) is 26.2 Å². The Hall–Kier alpha value is -1.73. The van der Waals surface area contributed by atoms with Crippen LogP contribution in [0.5, 0.6) is 0 Å². The molecular formula is C13H17ClN4O3. The number of aromatic nitrogens is 2. The maximum Gasteiger partial charge on any atom is 0.274 e. The van der Waals surface area contributed by atoms with E-state index in [-0.39, 0.29) is 35.3 Å². The van der Waals surface area contributed by atoms with E-state index in [1.807, 2.05) is 0 Å². The van der Waals surface area contributed by atoms with Crippen LogP contribution in [0, 0.1) is 0 Å². The number of hydrogen-bond donors (Lipinski definition) is 1. The Morgan fingerprint density at radius 1 is 1.38 bits per heavy atom. The molecule has 1 aliphatic heterocycles. The van der Waals surface area contributed by atoms with E-state index in [4.69, 9.17) is 16.3 Å². The molecule has 1 aromatic heterocycles. The van der Waals surface area contributed by atoms with Crippen molar-refractivity contribution in [3.63, 3.8) is 0 Å². The number of nitrogens with zero attached hydrogens (tertiary/aromatic N) is 3. The summed E-state index contributed by atoms with van der Waals surface area (Å²) in [6.45, 7) is 1.20. The minimum absolute atomic E-state index is 0.0551. The van der Waals surface area contributed by atoms with Crippen molar-refractivity contribution in [3.05, 3.63) is 23.2 Å². The number of methoxy groups -OCH3 is 1. The summed E-state index contributed by atoms with van der Waals surface area (Å²) in [6, 6.07) is 0.0769. The minimum Gasteiger partial charge on any atom is -0.375 e. The maximum absolute atomic E-state index is 12.2. The number of ether oxygens (including phenoxy) is 1. The van der Waals surface area contributed by atoms with Crippen molar-refractivity contribution >= 4 is 23.4 Å². The van der Waals surface area contributed by atoms with Crippen LogP contribution in [0.15, 0.2) is 12.4 Å². The average Bonchev–Trinajstić information content (AvgIpc) is 2.48. The summed E-state index contributed by atoms with van der Waals surface area (Å²) in [4.78, 5) is 33.2. The quantitative estimate of drug-likeness (QED) is 0.875. The molecule has 1 aromatic rings. The summed E-state index contributed by atoms with van der Waals surface area (Å²) in [6.07, 6.45) is 4.15. The number of piperidine rings is 1. The first kappa shape index (κ1) is 15.7. The zero-order valence-corrected chi connectivity index (χ0v) is 12.5. The van der Waals surface area contributed by atoms with Gasteiger partial charge in [-0.05, 0) is 12.8 Å². The highest BCUT2D eigenvalue weighted by molar-refractivity contribution is 6.29. The van der Waals surface area contributed by atoms with E-state index in [1.54, 1.807) is 4.90 Å². The second-order valence-corrected chi connectivity index (χ2v) is 5.18. The Balaban J connectivity index is 1.84.